The molecule has 0 aromatic heterocycles. The largest absolute Gasteiger partial charge is 0.462 e. The number of rotatable bonds is 44. The van der Waals surface area contributed by atoms with Crippen molar-refractivity contribution in [1.29, 1.82) is 0 Å². The second-order valence-electron chi connectivity index (χ2n) is 19.8. The Balaban J connectivity index is 1.78. The van der Waals surface area contributed by atoms with E-state index < -0.39 is 99.3 Å². The molecule has 4 unspecified atom stereocenters. The third-order valence-electron chi connectivity index (χ3n) is 13.3. The summed E-state index contributed by atoms with van der Waals surface area (Å²) in [5.74, 6) is -0.950. The summed E-state index contributed by atoms with van der Waals surface area (Å²) in [5, 5.41) is 72.2. The number of carbonyl (C=O) groups excluding carboxylic acids is 2. The number of ether oxygens (including phenoxy) is 6. The Morgan fingerprint density at radius 3 is 1.35 bits per heavy atom. The van der Waals surface area contributed by atoms with Crippen molar-refractivity contribution in [2.24, 2.45) is 0 Å². The maximum absolute atomic E-state index is 13.1. The smallest absolute Gasteiger partial charge is 0.306 e. The van der Waals surface area contributed by atoms with Crippen molar-refractivity contribution >= 4 is 11.9 Å². The van der Waals surface area contributed by atoms with Crippen LogP contribution in [0.4, 0.5) is 0 Å². The summed E-state index contributed by atoms with van der Waals surface area (Å²) < 4.78 is 33.6. The van der Waals surface area contributed by atoms with Crippen LogP contribution in [0.5, 0.6) is 0 Å². The first kappa shape index (κ1) is 65.6. The van der Waals surface area contributed by atoms with E-state index in [1.165, 1.54) is 89.9 Å². The van der Waals surface area contributed by atoms with Crippen LogP contribution in [-0.4, -0.2) is 142 Å². The molecule has 2 heterocycles. The molecule has 2 aliphatic heterocycles. The predicted octanol–water partition coefficient (Wildman–Crippen LogP) is 9.05. The number of unbranched alkanes of at least 4 members (excludes halogenated alkanes) is 22. The van der Waals surface area contributed by atoms with Crippen LogP contribution in [0.1, 0.15) is 206 Å². The Bertz CT molecular complexity index is 1440. The molecule has 0 amide bonds. The zero-order valence-corrected chi connectivity index (χ0v) is 44.4. The van der Waals surface area contributed by atoms with Gasteiger partial charge in [0.25, 0.3) is 0 Å². The first-order valence-corrected chi connectivity index (χ1v) is 28.2. The Labute approximate surface area is 433 Å². The fourth-order valence-electron chi connectivity index (χ4n) is 8.63. The van der Waals surface area contributed by atoms with Gasteiger partial charge in [-0.25, -0.2) is 0 Å². The Kier molecular flexibility index (Phi) is 39.8. The average molecular weight is 1030 g/mol. The van der Waals surface area contributed by atoms with Crippen LogP contribution in [0.25, 0.3) is 0 Å². The standard InChI is InChI=1S/C57H100O15/c1-3-5-7-9-11-13-15-17-19-21-22-24-26-28-30-32-34-36-38-40-49(60)70-45(42-67-48(59)39-37-35-33-31-29-27-25-23-20-18-16-14-12-10-8-6-4-2)43-68-56-55(66)53(64)51(62)47(72-56)44-69-57-54(65)52(63)50(61)46(41-58)71-57/h12,14,17-20,25,27,45-47,50-58,61-66H,3-11,13,15-16,21-24,26,28-44H2,1-2H3/b14-12+,19-17+,20-18+,27-25+/t45-,46+,47+,50-,51-,52?,53?,54?,55?,56+,57+/m1/s1. The molecule has 7 N–H and O–H groups in total. The maximum atomic E-state index is 13.1. The zero-order valence-electron chi connectivity index (χ0n) is 44.4. The van der Waals surface area contributed by atoms with Gasteiger partial charge in [0.05, 0.1) is 19.8 Å². The summed E-state index contributed by atoms with van der Waals surface area (Å²) in [6.45, 7) is 2.55. The molecule has 72 heavy (non-hydrogen) atoms. The molecule has 11 atom stereocenters. The topological polar surface area (TPSA) is 231 Å². The minimum Gasteiger partial charge on any atom is -0.462 e. The lowest BCUT2D eigenvalue weighted by molar-refractivity contribution is -0.332. The Morgan fingerprint density at radius 2 is 0.833 bits per heavy atom. The summed E-state index contributed by atoms with van der Waals surface area (Å²) in [6.07, 6.45) is 32.7. The van der Waals surface area contributed by atoms with E-state index in [4.69, 9.17) is 28.4 Å². The van der Waals surface area contributed by atoms with E-state index in [9.17, 15) is 45.3 Å². The van der Waals surface area contributed by atoms with Gasteiger partial charge in [-0.3, -0.25) is 9.59 Å². The number of allylic oxidation sites excluding steroid dienone is 8. The molecule has 2 saturated heterocycles. The van der Waals surface area contributed by atoms with Gasteiger partial charge in [-0.05, 0) is 77.0 Å². The molecule has 0 radical (unpaired) electrons. The van der Waals surface area contributed by atoms with Crippen LogP contribution in [-0.2, 0) is 38.0 Å². The lowest BCUT2D eigenvalue weighted by atomic mass is 9.98. The van der Waals surface area contributed by atoms with E-state index in [0.29, 0.717) is 12.8 Å². The number of carbonyl (C=O) groups is 2. The molecule has 0 aliphatic carbocycles. The van der Waals surface area contributed by atoms with E-state index >= 15 is 0 Å². The first-order valence-electron chi connectivity index (χ1n) is 28.2. The van der Waals surface area contributed by atoms with Crippen LogP contribution in [0.2, 0.25) is 0 Å². The number of aliphatic hydroxyl groups excluding tert-OH is 7. The van der Waals surface area contributed by atoms with Gasteiger partial charge in [-0.15, -0.1) is 0 Å². The highest BCUT2D eigenvalue weighted by Crippen LogP contribution is 2.26. The lowest BCUT2D eigenvalue weighted by Crippen LogP contribution is -2.61. The van der Waals surface area contributed by atoms with E-state index in [0.717, 1.165) is 77.0 Å². The van der Waals surface area contributed by atoms with Crippen molar-refractivity contribution in [2.45, 2.75) is 274 Å². The number of hydrogen-bond acceptors (Lipinski definition) is 15. The predicted molar refractivity (Wildman–Crippen MR) is 280 cm³/mol. The molecule has 0 aromatic rings. The second kappa shape index (κ2) is 43.7. The van der Waals surface area contributed by atoms with Crippen LogP contribution in [0.15, 0.2) is 48.6 Å². The molecule has 15 nitrogen and oxygen atoms in total. The molecule has 0 aromatic carbocycles. The van der Waals surface area contributed by atoms with Crippen molar-refractivity contribution in [3.05, 3.63) is 48.6 Å². The summed E-state index contributed by atoms with van der Waals surface area (Å²) in [5.41, 5.74) is 0. The fraction of sp³-hybridized carbons (Fsp3) is 0.825. The van der Waals surface area contributed by atoms with E-state index in [2.05, 4.69) is 62.5 Å². The number of esters is 2. The van der Waals surface area contributed by atoms with Crippen molar-refractivity contribution < 1.29 is 73.8 Å². The molecule has 2 fully saturated rings. The highest BCUT2D eigenvalue weighted by atomic mass is 16.7. The van der Waals surface area contributed by atoms with E-state index in [-0.39, 0.29) is 19.4 Å². The normalized spacial score (nSPS) is 25.3. The molecule has 0 saturated carbocycles. The van der Waals surface area contributed by atoms with Crippen molar-refractivity contribution in [2.75, 3.05) is 26.4 Å². The highest BCUT2D eigenvalue weighted by Gasteiger charge is 2.47. The zero-order chi connectivity index (χ0) is 52.4. The summed E-state index contributed by atoms with van der Waals surface area (Å²) in [6, 6.07) is 0. The molecule has 2 rings (SSSR count). The summed E-state index contributed by atoms with van der Waals surface area (Å²) in [7, 11) is 0. The number of aliphatic hydroxyl groups is 7. The summed E-state index contributed by atoms with van der Waals surface area (Å²) >= 11 is 0. The Morgan fingerprint density at radius 1 is 0.444 bits per heavy atom. The van der Waals surface area contributed by atoms with Crippen LogP contribution >= 0.6 is 0 Å². The maximum Gasteiger partial charge on any atom is 0.306 e. The minimum absolute atomic E-state index is 0.157. The van der Waals surface area contributed by atoms with E-state index in [1.54, 1.807) is 0 Å². The monoisotopic (exact) mass is 1020 g/mol. The molecule has 418 valence electrons. The third kappa shape index (κ3) is 30.7. The van der Waals surface area contributed by atoms with Crippen molar-refractivity contribution in [1.82, 2.24) is 0 Å². The van der Waals surface area contributed by atoms with Gasteiger partial charge in [0.1, 0.15) is 55.4 Å². The van der Waals surface area contributed by atoms with E-state index in [1.807, 2.05) is 0 Å². The van der Waals surface area contributed by atoms with Gasteiger partial charge in [-0.1, -0.05) is 165 Å². The SMILES string of the molecule is CCCCC/C=C/C/C=C/C/C=C/CCCCCCC(=O)OC[C@H](CO[C@H]1O[C@@H](CO[C@H]2O[C@@H](CO)[C@@H](O)C(O)C2O)[C@@H](O)C(O)C1O)OC(=O)CCCCCCCCCCC/C=C/CCCCCCCC. The molecule has 0 spiro atoms. The van der Waals surface area contributed by atoms with Crippen LogP contribution in [0, 0.1) is 0 Å². The highest BCUT2D eigenvalue weighted by molar-refractivity contribution is 5.70. The van der Waals surface area contributed by atoms with Crippen molar-refractivity contribution in [3.8, 4) is 0 Å². The van der Waals surface area contributed by atoms with Gasteiger partial charge >= 0.3 is 11.9 Å². The quantitative estimate of drug-likeness (QED) is 0.0171. The molecular weight excluding hydrogens is 925 g/mol. The second-order valence-corrected chi connectivity index (χ2v) is 19.8. The van der Waals surface area contributed by atoms with Gasteiger partial charge in [0.15, 0.2) is 18.7 Å². The summed E-state index contributed by atoms with van der Waals surface area (Å²) in [4.78, 5) is 25.9. The van der Waals surface area contributed by atoms with Gasteiger partial charge in [-0.2, -0.15) is 0 Å². The molecule has 2 aliphatic rings. The third-order valence-corrected chi connectivity index (χ3v) is 13.3. The number of hydrogen-bond donors (Lipinski definition) is 7. The molecule has 15 heteroatoms. The first-order chi connectivity index (χ1) is 35.0. The molecular formula is C57H100O15. The molecule has 0 bridgehead atoms. The fourth-order valence-corrected chi connectivity index (χ4v) is 8.63. The van der Waals surface area contributed by atoms with Gasteiger partial charge < -0.3 is 64.2 Å². The average Bonchev–Trinajstić information content (AvgIpc) is 3.37. The van der Waals surface area contributed by atoms with Crippen LogP contribution in [0.3, 0.4) is 0 Å². The van der Waals surface area contributed by atoms with Crippen molar-refractivity contribution in [3.63, 3.8) is 0 Å². The van der Waals surface area contributed by atoms with Crippen LogP contribution < -0.4 is 0 Å². The van der Waals surface area contributed by atoms with Gasteiger partial charge in [0.2, 0.25) is 0 Å². The lowest BCUT2D eigenvalue weighted by Gasteiger charge is -2.42. The van der Waals surface area contributed by atoms with Gasteiger partial charge in [0, 0.05) is 12.8 Å². The Hall–Kier alpha value is -2.54. The minimum atomic E-state index is -1.77.